The predicted molar refractivity (Wildman–Crippen MR) is 249 cm³/mol. The van der Waals surface area contributed by atoms with Crippen LogP contribution in [0.1, 0.15) is 43.9 Å². The van der Waals surface area contributed by atoms with Gasteiger partial charge in [-0.1, -0.05) is 54.6 Å². The highest BCUT2D eigenvalue weighted by atomic mass is 32.2. The molecule has 1 fully saturated rings. The van der Waals surface area contributed by atoms with Crippen molar-refractivity contribution in [1.29, 1.82) is 0 Å². The van der Waals surface area contributed by atoms with Crippen LogP contribution in [0.2, 0.25) is 0 Å². The number of nitrogen functional groups attached to an aromatic ring is 2. The van der Waals surface area contributed by atoms with Gasteiger partial charge in [-0.05, 0) is 103 Å². The number of amides is 1. The average Bonchev–Trinajstić information content (AvgIpc) is 3.96. The van der Waals surface area contributed by atoms with Gasteiger partial charge in [-0.25, -0.2) is 26.4 Å². The van der Waals surface area contributed by atoms with E-state index in [0.717, 1.165) is 5.56 Å². The molecular formula is C46H53N9O9S2. The number of sulfonamides is 2. The normalized spacial score (nSPS) is 14.3. The predicted octanol–water partition coefficient (Wildman–Crippen LogP) is 5.92. The Morgan fingerprint density at radius 1 is 0.773 bits per heavy atom. The lowest BCUT2D eigenvalue weighted by Gasteiger charge is -2.27. The first-order valence-electron chi connectivity index (χ1n) is 20.9. The molecule has 1 aliphatic heterocycles. The van der Waals surface area contributed by atoms with Gasteiger partial charge in [-0.3, -0.25) is 0 Å². The van der Waals surface area contributed by atoms with Gasteiger partial charge in [0, 0.05) is 37.8 Å². The second-order valence-electron chi connectivity index (χ2n) is 16.6. The van der Waals surface area contributed by atoms with Crippen LogP contribution in [0.25, 0.3) is 22.5 Å². The molecule has 6 aromatic rings. The molecule has 0 radical (unpaired) electrons. The molecular weight excluding hydrogens is 887 g/mol. The molecule has 1 aliphatic rings. The maximum atomic E-state index is 16.0. The molecule has 18 nitrogen and oxygen atoms in total. The lowest BCUT2D eigenvalue weighted by Crippen LogP contribution is -2.41. The second-order valence-corrected chi connectivity index (χ2v) is 20.2. The average molecular weight is 940 g/mol. The molecule has 1 aromatic heterocycles. The summed E-state index contributed by atoms with van der Waals surface area (Å²) in [6.45, 7) is 5.09. The number of anilines is 2. The molecule has 1 saturated heterocycles. The second kappa shape index (κ2) is 19.4. The quantitative estimate of drug-likeness (QED) is 0.0956. The number of carbonyl (C=O) groups is 1. The molecule has 5 aromatic carbocycles. The molecule has 5 N–H and O–H groups in total. The number of carbonyl (C=O) groups excluding carboxylic acids is 1. The molecule has 348 valence electrons. The minimum atomic E-state index is -4.95. The topological polar surface area (TPSA) is 236 Å². The molecule has 20 heteroatoms. The van der Waals surface area contributed by atoms with Crippen molar-refractivity contribution < 1.29 is 40.6 Å². The fraction of sp³-hybridized carbons (Fsp3) is 0.304. The lowest BCUT2D eigenvalue weighted by atomic mass is 9.97. The Labute approximate surface area is 384 Å². The van der Waals surface area contributed by atoms with Crippen molar-refractivity contribution in [3.63, 3.8) is 0 Å². The first-order valence-corrected chi connectivity index (χ1v) is 23.8. The van der Waals surface area contributed by atoms with Crippen molar-refractivity contribution in [1.82, 2.24) is 34.1 Å². The number of rotatable bonds is 16. The third-order valence-electron chi connectivity index (χ3n) is 10.8. The summed E-state index contributed by atoms with van der Waals surface area (Å²) < 4.78 is 87.6. The highest BCUT2D eigenvalue weighted by molar-refractivity contribution is 7.92. The van der Waals surface area contributed by atoms with E-state index in [-0.39, 0.29) is 67.5 Å². The van der Waals surface area contributed by atoms with Crippen molar-refractivity contribution in [3.8, 4) is 39.8 Å². The van der Waals surface area contributed by atoms with Crippen LogP contribution in [0.5, 0.6) is 17.2 Å². The first-order chi connectivity index (χ1) is 31.4. The Bertz CT molecular complexity index is 2860. The van der Waals surface area contributed by atoms with Gasteiger partial charge in [-0.2, -0.15) is 9.10 Å². The summed E-state index contributed by atoms with van der Waals surface area (Å²) >= 11 is 0. The molecule has 7 rings (SSSR count). The van der Waals surface area contributed by atoms with Gasteiger partial charge in [0.25, 0.3) is 0 Å². The van der Waals surface area contributed by atoms with Gasteiger partial charge in [0.2, 0.25) is 25.9 Å². The zero-order valence-corrected chi connectivity index (χ0v) is 39.1. The zero-order valence-electron chi connectivity index (χ0n) is 37.5. The Morgan fingerprint density at radius 2 is 1.33 bits per heavy atom. The molecule has 0 saturated carbocycles. The first kappa shape index (κ1) is 47.2. The number of nitrogens with one attached hydrogen (secondary N) is 1. The van der Waals surface area contributed by atoms with E-state index in [1.54, 1.807) is 107 Å². The van der Waals surface area contributed by atoms with Crippen molar-refractivity contribution in [2.24, 2.45) is 0 Å². The standard InChI is InChI=1S/C46H53N9O9S2/c1-46(2,3)64-45(56)53-25-24-33(29-53)51-65(57,58)40-23-22-37(38-8-7-9-39(47)42(38)48)41(44-49-52-55(50-44)28-32-14-20-36(63-6)21-15-32)43(40)66(59,60)54(26-30-10-16-34(61-4)17-11-30)27-31-12-18-35(62-5)19-13-31/h7-23,33,51H,24-29,47-48H2,1-6H3. The smallest absolute Gasteiger partial charge is 0.410 e. The molecule has 1 amide bonds. The van der Waals surface area contributed by atoms with Gasteiger partial charge >= 0.3 is 6.09 Å². The summed E-state index contributed by atoms with van der Waals surface area (Å²) in [5, 5.41) is 13.4. The number of methoxy groups -OCH3 is 3. The van der Waals surface area contributed by atoms with E-state index in [9.17, 15) is 4.79 Å². The summed E-state index contributed by atoms with van der Waals surface area (Å²) in [5.41, 5.74) is 14.7. The number of hydrogen-bond acceptors (Lipinski definition) is 14. The molecule has 0 aliphatic carbocycles. The number of hydrogen-bond donors (Lipinski definition) is 3. The summed E-state index contributed by atoms with van der Waals surface area (Å²) in [5.74, 6) is 1.54. The maximum absolute atomic E-state index is 16.0. The van der Waals surface area contributed by atoms with E-state index >= 15 is 16.8 Å². The monoisotopic (exact) mass is 939 g/mol. The molecule has 2 heterocycles. The maximum Gasteiger partial charge on any atom is 0.410 e. The summed E-state index contributed by atoms with van der Waals surface area (Å²) in [4.78, 5) is 14.5. The Balaban J connectivity index is 1.45. The van der Waals surface area contributed by atoms with E-state index in [1.807, 2.05) is 12.1 Å². The fourth-order valence-electron chi connectivity index (χ4n) is 7.46. The number of aromatic nitrogens is 4. The number of nitrogens with zero attached hydrogens (tertiary/aromatic N) is 6. The van der Waals surface area contributed by atoms with E-state index < -0.39 is 47.6 Å². The number of tetrazole rings is 1. The molecule has 66 heavy (non-hydrogen) atoms. The van der Waals surface area contributed by atoms with Gasteiger partial charge < -0.3 is 35.3 Å². The van der Waals surface area contributed by atoms with Crippen molar-refractivity contribution in [2.45, 2.75) is 68.3 Å². The zero-order chi connectivity index (χ0) is 47.4. The highest BCUT2D eigenvalue weighted by Crippen LogP contribution is 2.44. The minimum absolute atomic E-state index is 0.0245. The number of likely N-dealkylation sites (tertiary alicyclic amines) is 1. The molecule has 0 bridgehead atoms. The minimum Gasteiger partial charge on any atom is -0.497 e. The molecule has 1 atom stereocenters. The van der Waals surface area contributed by atoms with Gasteiger partial charge in [-0.15, -0.1) is 10.2 Å². The van der Waals surface area contributed by atoms with Gasteiger partial charge in [0.05, 0.1) is 44.8 Å². The van der Waals surface area contributed by atoms with Crippen LogP contribution >= 0.6 is 0 Å². The van der Waals surface area contributed by atoms with Crippen LogP contribution in [0, 0.1) is 0 Å². The SMILES string of the molecule is COc1ccc(CN(Cc2ccc(OC)cc2)S(=O)(=O)c2c(S(=O)(=O)NC3CCN(C(=O)OC(C)(C)C)C3)ccc(-c3cccc(N)c3N)c2-c2nnn(Cc3ccc(OC)cc3)n2)cc1. The summed E-state index contributed by atoms with van der Waals surface area (Å²) in [6.07, 6.45) is -0.372. The lowest BCUT2D eigenvalue weighted by molar-refractivity contribution is 0.0292. The highest BCUT2D eigenvalue weighted by Gasteiger charge is 2.40. The largest absolute Gasteiger partial charge is 0.497 e. The summed E-state index contributed by atoms with van der Waals surface area (Å²) in [7, 11) is -5.10. The van der Waals surface area contributed by atoms with Crippen LogP contribution < -0.4 is 30.4 Å². The Morgan fingerprint density at radius 3 is 1.88 bits per heavy atom. The third-order valence-corrected chi connectivity index (χ3v) is 14.4. The van der Waals surface area contributed by atoms with Crippen LogP contribution in [0.15, 0.2) is 113 Å². The van der Waals surface area contributed by atoms with Crippen LogP contribution in [-0.4, -0.2) is 98.4 Å². The van der Waals surface area contributed by atoms with Crippen molar-refractivity contribution in [3.05, 3.63) is 120 Å². The fourth-order valence-corrected chi connectivity index (χ4v) is 11.1. The summed E-state index contributed by atoms with van der Waals surface area (Å²) in [6, 6.07) is 27.7. The van der Waals surface area contributed by atoms with E-state index in [4.69, 9.17) is 30.4 Å². The number of benzene rings is 5. The van der Waals surface area contributed by atoms with E-state index in [0.29, 0.717) is 33.9 Å². The number of nitrogens with two attached hydrogens (primary N) is 2. The van der Waals surface area contributed by atoms with Crippen molar-refractivity contribution >= 4 is 37.5 Å². The van der Waals surface area contributed by atoms with Gasteiger partial charge in [0.1, 0.15) is 32.6 Å². The number of para-hydroxylation sites is 1. The van der Waals surface area contributed by atoms with E-state index in [1.165, 1.54) is 40.4 Å². The van der Waals surface area contributed by atoms with Crippen LogP contribution in [0.4, 0.5) is 16.2 Å². The van der Waals surface area contributed by atoms with Crippen LogP contribution in [0.3, 0.4) is 0 Å². The van der Waals surface area contributed by atoms with Gasteiger partial charge in [0.15, 0.2) is 0 Å². The molecule has 0 spiro atoms. The Hall–Kier alpha value is -6.74. The molecule has 1 unspecified atom stereocenters. The Kier molecular flexibility index (Phi) is 13.9. The van der Waals surface area contributed by atoms with E-state index in [2.05, 4.69) is 20.1 Å². The third kappa shape index (κ3) is 10.7. The van der Waals surface area contributed by atoms with Crippen molar-refractivity contribution in [2.75, 3.05) is 45.9 Å². The number of ether oxygens (including phenoxy) is 4. The van der Waals surface area contributed by atoms with Crippen LogP contribution in [-0.2, 0) is 44.4 Å².